The number of nitriles is 1. The Labute approximate surface area is 151 Å². The van der Waals surface area contributed by atoms with Gasteiger partial charge in [-0.3, -0.25) is 4.79 Å². The van der Waals surface area contributed by atoms with Crippen molar-refractivity contribution in [2.24, 2.45) is 5.92 Å². The maximum atomic E-state index is 12.2. The van der Waals surface area contributed by atoms with Gasteiger partial charge in [-0.15, -0.1) is 0 Å². The maximum Gasteiger partial charge on any atom is 0.258 e. The highest BCUT2D eigenvalue weighted by Gasteiger charge is 2.23. The van der Waals surface area contributed by atoms with Crippen LogP contribution in [0.1, 0.15) is 45.1 Å². The molecule has 1 aromatic rings. The number of carbonyl (C=O) groups is 1. The van der Waals surface area contributed by atoms with Gasteiger partial charge < -0.3 is 14.8 Å². The first kappa shape index (κ1) is 18.6. The number of rotatable bonds is 6. The Morgan fingerprint density at radius 1 is 1.38 bits per heavy atom. The number of ether oxygens (including phenoxy) is 2. The molecule has 1 amide bonds. The molecule has 0 unspecified atom stereocenters. The van der Waals surface area contributed by atoms with Gasteiger partial charge in [-0.1, -0.05) is 19.8 Å². The van der Waals surface area contributed by atoms with Crippen LogP contribution in [0, 0.1) is 17.2 Å². The van der Waals surface area contributed by atoms with Crippen molar-refractivity contribution >= 4 is 21.8 Å². The highest BCUT2D eigenvalue weighted by molar-refractivity contribution is 9.10. The highest BCUT2D eigenvalue weighted by Crippen LogP contribution is 2.36. The van der Waals surface area contributed by atoms with E-state index in [0.29, 0.717) is 34.1 Å². The molecule has 130 valence electrons. The van der Waals surface area contributed by atoms with Gasteiger partial charge in [-0.05, 0) is 47.7 Å². The molecule has 1 aromatic carbocycles. The summed E-state index contributed by atoms with van der Waals surface area (Å²) in [5.41, 5.74) is 0.471. The smallest absolute Gasteiger partial charge is 0.258 e. The van der Waals surface area contributed by atoms with E-state index in [9.17, 15) is 4.79 Å². The molecule has 0 bridgehead atoms. The van der Waals surface area contributed by atoms with Gasteiger partial charge in [0.25, 0.3) is 5.91 Å². The summed E-state index contributed by atoms with van der Waals surface area (Å²) in [5, 5.41) is 12.1. The van der Waals surface area contributed by atoms with Crippen molar-refractivity contribution in [3.8, 4) is 17.6 Å². The van der Waals surface area contributed by atoms with Crippen molar-refractivity contribution in [2.45, 2.75) is 45.6 Å². The van der Waals surface area contributed by atoms with Gasteiger partial charge in [-0.2, -0.15) is 5.26 Å². The number of carbonyl (C=O) groups excluding carboxylic acids is 1. The van der Waals surface area contributed by atoms with Gasteiger partial charge in [0.15, 0.2) is 18.1 Å². The zero-order valence-corrected chi connectivity index (χ0v) is 15.7. The van der Waals surface area contributed by atoms with Crippen molar-refractivity contribution in [3.05, 3.63) is 22.2 Å². The highest BCUT2D eigenvalue weighted by atomic mass is 79.9. The summed E-state index contributed by atoms with van der Waals surface area (Å²) in [5.74, 6) is 1.28. The maximum absolute atomic E-state index is 12.2. The van der Waals surface area contributed by atoms with Crippen LogP contribution < -0.4 is 14.8 Å². The molecular formula is C18H23BrN2O3. The molecule has 0 aromatic heterocycles. The Morgan fingerprint density at radius 3 is 2.79 bits per heavy atom. The minimum Gasteiger partial charge on any atom is -0.490 e. The second kappa shape index (κ2) is 8.93. The zero-order valence-electron chi connectivity index (χ0n) is 14.1. The van der Waals surface area contributed by atoms with Gasteiger partial charge in [0.05, 0.1) is 22.7 Å². The summed E-state index contributed by atoms with van der Waals surface area (Å²) in [6.07, 6.45) is 4.57. The summed E-state index contributed by atoms with van der Waals surface area (Å²) in [4.78, 5) is 12.2. The molecule has 6 heteroatoms. The van der Waals surface area contributed by atoms with Crippen molar-refractivity contribution in [3.63, 3.8) is 0 Å². The van der Waals surface area contributed by atoms with Crippen LogP contribution in [-0.4, -0.2) is 25.2 Å². The number of amides is 1. The van der Waals surface area contributed by atoms with Gasteiger partial charge in [-0.25, -0.2) is 0 Å². The van der Waals surface area contributed by atoms with E-state index < -0.39 is 0 Å². The molecule has 1 fully saturated rings. The van der Waals surface area contributed by atoms with E-state index in [1.807, 2.05) is 6.92 Å². The van der Waals surface area contributed by atoms with Crippen molar-refractivity contribution in [1.82, 2.24) is 5.32 Å². The molecule has 1 aliphatic rings. The lowest BCUT2D eigenvalue weighted by Crippen LogP contribution is -2.43. The number of benzene rings is 1. The molecule has 5 nitrogen and oxygen atoms in total. The van der Waals surface area contributed by atoms with Crippen LogP contribution in [-0.2, 0) is 4.79 Å². The first-order chi connectivity index (χ1) is 11.5. The fourth-order valence-corrected chi connectivity index (χ4v) is 3.51. The summed E-state index contributed by atoms with van der Waals surface area (Å²) in [6, 6.07) is 5.57. The third-order valence-corrected chi connectivity index (χ3v) is 4.83. The first-order valence-electron chi connectivity index (χ1n) is 8.33. The predicted octanol–water partition coefficient (Wildman–Crippen LogP) is 3.79. The van der Waals surface area contributed by atoms with Crippen LogP contribution >= 0.6 is 15.9 Å². The molecule has 1 aliphatic carbocycles. The number of hydrogen-bond donors (Lipinski definition) is 1. The first-order valence-corrected chi connectivity index (χ1v) is 9.13. The van der Waals surface area contributed by atoms with Gasteiger partial charge in [0.1, 0.15) is 0 Å². The Kier molecular flexibility index (Phi) is 6.92. The third-order valence-electron chi connectivity index (χ3n) is 4.24. The summed E-state index contributed by atoms with van der Waals surface area (Å²) in [6.45, 7) is 4.40. The van der Waals surface area contributed by atoms with Gasteiger partial charge in [0.2, 0.25) is 0 Å². The van der Waals surface area contributed by atoms with Crippen LogP contribution in [0.3, 0.4) is 0 Å². The van der Waals surface area contributed by atoms with E-state index in [-0.39, 0.29) is 18.6 Å². The number of nitrogens with zero attached hydrogens (tertiary/aromatic N) is 1. The quantitative estimate of drug-likeness (QED) is 0.796. The molecule has 0 saturated heterocycles. The fourth-order valence-electron chi connectivity index (χ4n) is 2.95. The lowest BCUT2D eigenvalue weighted by atomic mass is 9.86. The molecule has 0 spiro atoms. The summed E-state index contributed by atoms with van der Waals surface area (Å²) >= 11 is 3.38. The van der Waals surface area contributed by atoms with E-state index in [1.54, 1.807) is 12.1 Å². The Balaban J connectivity index is 2.00. The van der Waals surface area contributed by atoms with E-state index in [1.165, 1.54) is 6.42 Å². The Hall–Kier alpha value is -1.74. The topological polar surface area (TPSA) is 71.3 Å². The molecular weight excluding hydrogens is 372 g/mol. The SMILES string of the molecule is CCOc1cc(C#N)cc(Br)c1OCC(=O)N[C@H]1CCCC[C@@H]1C. The van der Waals surface area contributed by atoms with E-state index >= 15 is 0 Å². The van der Waals surface area contributed by atoms with Crippen molar-refractivity contribution < 1.29 is 14.3 Å². The van der Waals surface area contributed by atoms with Crippen LogP contribution in [0.5, 0.6) is 11.5 Å². The molecule has 0 aliphatic heterocycles. The number of hydrogen-bond acceptors (Lipinski definition) is 4. The average Bonchev–Trinajstić information content (AvgIpc) is 2.56. The zero-order chi connectivity index (χ0) is 17.5. The average molecular weight is 395 g/mol. The van der Waals surface area contributed by atoms with Crippen LogP contribution in [0.2, 0.25) is 0 Å². The molecule has 1 N–H and O–H groups in total. The molecule has 0 radical (unpaired) electrons. The molecule has 2 rings (SSSR count). The molecule has 24 heavy (non-hydrogen) atoms. The number of nitrogens with one attached hydrogen (secondary N) is 1. The lowest BCUT2D eigenvalue weighted by molar-refractivity contribution is -0.124. The monoisotopic (exact) mass is 394 g/mol. The fraction of sp³-hybridized carbons (Fsp3) is 0.556. The summed E-state index contributed by atoms with van der Waals surface area (Å²) < 4.78 is 11.8. The van der Waals surface area contributed by atoms with E-state index in [2.05, 4.69) is 34.2 Å². The van der Waals surface area contributed by atoms with Crippen molar-refractivity contribution in [1.29, 1.82) is 5.26 Å². The normalized spacial score (nSPS) is 20.1. The van der Waals surface area contributed by atoms with E-state index in [0.717, 1.165) is 19.3 Å². The second-order valence-corrected chi connectivity index (χ2v) is 6.91. The minimum absolute atomic E-state index is 0.0756. The third kappa shape index (κ3) is 4.88. The molecule has 2 atom stereocenters. The number of halogens is 1. The largest absolute Gasteiger partial charge is 0.490 e. The summed E-state index contributed by atoms with van der Waals surface area (Å²) in [7, 11) is 0. The van der Waals surface area contributed by atoms with E-state index in [4.69, 9.17) is 14.7 Å². The van der Waals surface area contributed by atoms with Crippen LogP contribution in [0.25, 0.3) is 0 Å². The van der Waals surface area contributed by atoms with Crippen LogP contribution in [0.15, 0.2) is 16.6 Å². The Morgan fingerprint density at radius 2 is 2.12 bits per heavy atom. The molecule has 0 heterocycles. The standard InChI is InChI=1S/C18H23BrN2O3/c1-3-23-16-9-13(10-20)8-14(19)18(16)24-11-17(22)21-15-7-5-4-6-12(15)2/h8-9,12,15H,3-7,11H2,1-2H3,(H,21,22)/t12-,15-/m0/s1. The lowest BCUT2D eigenvalue weighted by Gasteiger charge is -2.29. The Bertz CT molecular complexity index is 627. The second-order valence-electron chi connectivity index (χ2n) is 6.05. The minimum atomic E-state index is -0.132. The van der Waals surface area contributed by atoms with Crippen molar-refractivity contribution in [2.75, 3.05) is 13.2 Å². The van der Waals surface area contributed by atoms with Gasteiger partial charge >= 0.3 is 0 Å². The molecule has 1 saturated carbocycles. The van der Waals surface area contributed by atoms with Gasteiger partial charge in [0, 0.05) is 12.1 Å². The van der Waals surface area contributed by atoms with Crippen LogP contribution in [0.4, 0.5) is 0 Å². The predicted molar refractivity (Wildman–Crippen MR) is 95.1 cm³/mol.